The van der Waals surface area contributed by atoms with Gasteiger partial charge in [-0.05, 0) is 29.4 Å². The summed E-state index contributed by atoms with van der Waals surface area (Å²) in [6.45, 7) is 12.9. The molecule has 3 N–H and O–H groups in total. The third-order valence-electron chi connectivity index (χ3n) is 3.82. The second-order valence-corrected chi connectivity index (χ2v) is 7.20. The maximum Gasteiger partial charge on any atom is 0.123 e. The quantitative estimate of drug-likeness (QED) is 0.609. The standard InChI is InChI=1S/C17H29NO/c1-7-8-9-17(5,6)14-11-12(18)10-13(15(14)19)16(2,3)4/h10-11,19H,7-9,18H2,1-6H3. The van der Waals surface area contributed by atoms with Gasteiger partial charge in [0.15, 0.2) is 0 Å². The lowest BCUT2D eigenvalue weighted by atomic mass is 9.76. The molecule has 0 saturated heterocycles. The number of anilines is 1. The Balaban J connectivity index is 3.33. The van der Waals surface area contributed by atoms with Crippen molar-refractivity contribution in [3.8, 4) is 5.75 Å². The molecule has 0 bridgehead atoms. The summed E-state index contributed by atoms with van der Waals surface area (Å²) in [7, 11) is 0. The third kappa shape index (κ3) is 3.65. The summed E-state index contributed by atoms with van der Waals surface area (Å²) in [6.07, 6.45) is 3.38. The summed E-state index contributed by atoms with van der Waals surface area (Å²) >= 11 is 0. The van der Waals surface area contributed by atoms with Crippen molar-refractivity contribution < 1.29 is 5.11 Å². The van der Waals surface area contributed by atoms with Crippen molar-refractivity contribution >= 4 is 5.69 Å². The van der Waals surface area contributed by atoms with E-state index in [9.17, 15) is 5.11 Å². The van der Waals surface area contributed by atoms with Crippen molar-refractivity contribution in [3.05, 3.63) is 23.3 Å². The van der Waals surface area contributed by atoms with Gasteiger partial charge in [-0.1, -0.05) is 54.4 Å². The van der Waals surface area contributed by atoms with E-state index in [1.165, 1.54) is 6.42 Å². The zero-order chi connectivity index (χ0) is 14.8. The highest BCUT2D eigenvalue weighted by atomic mass is 16.3. The van der Waals surface area contributed by atoms with E-state index in [1.54, 1.807) is 0 Å². The van der Waals surface area contributed by atoms with Gasteiger partial charge in [0.05, 0.1) is 0 Å². The molecule has 0 amide bonds. The van der Waals surface area contributed by atoms with Gasteiger partial charge < -0.3 is 10.8 Å². The van der Waals surface area contributed by atoms with Crippen molar-refractivity contribution in [3.63, 3.8) is 0 Å². The molecular formula is C17H29NO. The Hall–Kier alpha value is -1.18. The average Bonchev–Trinajstić information content (AvgIpc) is 2.27. The maximum absolute atomic E-state index is 10.6. The van der Waals surface area contributed by atoms with Gasteiger partial charge in [0, 0.05) is 16.8 Å². The zero-order valence-electron chi connectivity index (χ0n) is 13.3. The van der Waals surface area contributed by atoms with Crippen LogP contribution in [0.1, 0.15) is 71.9 Å². The molecule has 2 heteroatoms. The van der Waals surface area contributed by atoms with Gasteiger partial charge in [-0.25, -0.2) is 0 Å². The predicted octanol–water partition coefficient (Wildman–Crippen LogP) is 4.74. The highest BCUT2D eigenvalue weighted by molar-refractivity contribution is 5.57. The summed E-state index contributed by atoms with van der Waals surface area (Å²) in [4.78, 5) is 0. The lowest BCUT2D eigenvalue weighted by Gasteiger charge is -2.30. The first kappa shape index (κ1) is 15.9. The monoisotopic (exact) mass is 263 g/mol. The van der Waals surface area contributed by atoms with Crippen LogP contribution in [-0.2, 0) is 10.8 Å². The van der Waals surface area contributed by atoms with E-state index in [0.29, 0.717) is 5.75 Å². The van der Waals surface area contributed by atoms with Crippen LogP contribution in [0.2, 0.25) is 0 Å². The third-order valence-corrected chi connectivity index (χ3v) is 3.82. The number of unbranched alkanes of at least 4 members (excludes halogenated alkanes) is 1. The fraction of sp³-hybridized carbons (Fsp3) is 0.647. The number of hydrogen-bond donors (Lipinski definition) is 2. The van der Waals surface area contributed by atoms with Crippen molar-refractivity contribution in [2.75, 3.05) is 5.73 Å². The van der Waals surface area contributed by atoms with E-state index >= 15 is 0 Å². The molecule has 0 saturated carbocycles. The summed E-state index contributed by atoms with van der Waals surface area (Å²) < 4.78 is 0. The van der Waals surface area contributed by atoms with Crippen LogP contribution in [0.5, 0.6) is 5.75 Å². The molecule has 0 aliphatic carbocycles. The van der Waals surface area contributed by atoms with Crippen LogP contribution in [0.4, 0.5) is 5.69 Å². The van der Waals surface area contributed by atoms with E-state index in [-0.39, 0.29) is 10.8 Å². The summed E-state index contributed by atoms with van der Waals surface area (Å²) in [6, 6.07) is 3.83. The Bertz CT molecular complexity index is 441. The summed E-state index contributed by atoms with van der Waals surface area (Å²) in [5, 5.41) is 10.6. The first-order valence-corrected chi connectivity index (χ1v) is 7.23. The molecule has 1 aromatic carbocycles. The van der Waals surface area contributed by atoms with Crippen LogP contribution in [0, 0.1) is 0 Å². The Morgan fingerprint density at radius 2 is 1.58 bits per heavy atom. The lowest BCUT2D eigenvalue weighted by Crippen LogP contribution is -2.20. The Morgan fingerprint density at radius 1 is 1.05 bits per heavy atom. The van der Waals surface area contributed by atoms with Gasteiger partial charge in [-0.3, -0.25) is 0 Å². The molecule has 19 heavy (non-hydrogen) atoms. The molecule has 0 aliphatic rings. The number of hydrogen-bond acceptors (Lipinski definition) is 2. The largest absolute Gasteiger partial charge is 0.507 e. The van der Waals surface area contributed by atoms with Crippen LogP contribution >= 0.6 is 0 Å². The number of nitrogens with two attached hydrogens (primary N) is 1. The number of phenols is 1. The van der Waals surface area contributed by atoms with Gasteiger partial charge in [0.25, 0.3) is 0 Å². The normalized spacial score (nSPS) is 12.7. The van der Waals surface area contributed by atoms with E-state index in [0.717, 1.165) is 29.7 Å². The summed E-state index contributed by atoms with van der Waals surface area (Å²) in [5.41, 5.74) is 8.54. The van der Waals surface area contributed by atoms with Gasteiger partial charge in [-0.2, -0.15) is 0 Å². The van der Waals surface area contributed by atoms with Crippen LogP contribution in [0.3, 0.4) is 0 Å². The maximum atomic E-state index is 10.6. The molecule has 0 unspecified atom stereocenters. The van der Waals surface area contributed by atoms with Gasteiger partial charge in [0.1, 0.15) is 5.75 Å². The lowest BCUT2D eigenvalue weighted by molar-refractivity contribution is 0.398. The molecule has 0 spiro atoms. The first-order chi connectivity index (χ1) is 8.59. The minimum absolute atomic E-state index is 0.0462. The molecule has 0 atom stereocenters. The van der Waals surface area contributed by atoms with E-state index in [2.05, 4.69) is 41.5 Å². The van der Waals surface area contributed by atoms with Crippen LogP contribution < -0.4 is 5.73 Å². The highest BCUT2D eigenvalue weighted by Crippen LogP contribution is 2.42. The van der Waals surface area contributed by atoms with E-state index < -0.39 is 0 Å². The molecule has 1 aromatic rings. The van der Waals surface area contributed by atoms with Crippen LogP contribution in [0.25, 0.3) is 0 Å². The van der Waals surface area contributed by atoms with Gasteiger partial charge >= 0.3 is 0 Å². The highest BCUT2D eigenvalue weighted by Gasteiger charge is 2.28. The van der Waals surface area contributed by atoms with Crippen molar-refractivity contribution in [2.24, 2.45) is 0 Å². The molecule has 0 radical (unpaired) electrons. The molecule has 108 valence electrons. The SMILES string of the molecule is CCCCC(C)(C)c1cc(N)cc(C(C)(C)C)c1O. The van der Waals surface area contributed by atoms with E-state index in [1.807, 2.05) is 12.1 Å². The number of benzene rings is 1. The zero-order valence-corrected chi connectivity index (χ0v) is 13.3. The van der Waals surface area contributed by atoms with Gasteiger partial charge in [-0.15, -0.1) is 0 Å². The van der Waals surface area contributed by atoms with Gasteiger partial charge in [0.2, 0.25) is 0 Å². The fourth-order valence-corrected chi connectivity index (χ4v) is 2.50. The number of aromatic hydroxyl groups is 1. The predicted molar refractivity (Wildman–Crippen MR) is 83.8 cm³/mol. The molecule has 2 nitrogen and oxygen atoms in total. The number of rotatable bonds is 4. The molecule has 1 rings (SSSR count). The first-order valence-electron chi connectivity index (χ1n) is 7.23. The molecule has 0 fully saturated rings. The second-order valence-electron chi connectivity index (χ2n) is 7.20. The Kier molecular flexibility index (Phi) is 4.54. The molecule has 0 heterocycles. The van der Waals surface area contributed by atoms with Crippen molar-refractivity contribution in [1.82, 2.24) is 0 Å². The second kappa shape index (κ2) is 5.44. The van der Waals surface area contributed by atoms with E-state index in [4.69, 9.17) is 5.73 Å². The average molecular weight is 263 g/mol. The Morgan fingerprint density at radius 3 is 2.05 bits per heavy atom. The fourth-order valence-electron chi connectivity index (χ4n) is 2.50. The Labute approximate surface area is 118 Å². The molecule has 0 aliphatic heterocycles. The van der Waals surface area contributed by atoms with Crippen molar-refractivity contribution in [1.29, 1.82) is 0 Å². The minimum atomic E-state index is -0.102. The number of nitrogen functional groups attached to an aromatic ring is 1. The topological polar surface area (TPSA) is 46.2 Å². The van der Waals surface area contributed by atoms with Crippen molar-refractivity contribution in [2.45, 2.75) is 71.6 Å². The minimum Gasteiger partial charge on any atom is -0.507 e. The molecular weight excluding hydrogens is 234 g/mol. The van der Waals surface area contributed by atoms with Crippen LogP contribution in [0.15, 0.2) is 12.1 Å². The smallest absolute Gasteiger partial charge is 0.123 e. The molecule has 0 aromatic heterocycles. The summed E-state index contributed by atoms with van der Waals surface area (Å²) in [5.74, 6) is 0.419. The number of phenolic OH excluding ortho intramolecular Hbond substituents is 1. The van der Waals surface area contributed by atoms with Crippen LogP contribution in [-0.4, -0.2) is 5.11 Å².